The Morgan fingerprint density at radius 3 is 2.42 bits per heavy atom. The molecule has 0 radical (unpaired) electrons. The quantitative estimate of drug-likeness (QED) is 0.337. The summed E-state index contributed by atoms with van der Waals surface area (Å²) in [6, 6.07) is 7.33. The molecule has 0 bridgehead atoms. The van der Waals surface area contributed by atoms with Crippen molar-refractivity contribution >= 4 is 0 Å². The number of ether oxygens (including phenoxy) is 2. The van der Waals surface area contributed by atoms with Crippen LogP contribution in [-0.2, 0) is 11.3 Å². The van der Waals surface area contributed by atoms with Crippen molar-refractivity contribution in [1.82, 2.24) is 0 Å². The molecule has 5 atom stereocenters. The molecule has 0 saturated carbocycles. The fraction of sp³-hybridized carbons (Fsp3) is 0.579. The lowest BCUT2D eigenvalue weighted by molar-refractivity contribution is -0.152. The van der Waals surface area contributed by atoms with E-state index in [-0.39, 0.29) is 6.61 Å². The van der Waals surface area contributed by atoms with E-state index < -0.39 is 37.1 Å². The van der Waals surface area contributed by atoms with E-state index in [1.54, 1.807) is 12.2 Å². The molecule has 1 rings (SSSR count). The highest BCUT2D eigenvalue weighted by Crippen LogP contribution is 2.18. The average molecular weight is 370 g/mol. The Morgan fingerprint density at radius 2 is 1.81 bits per heavy atom. The smallest absolute Gasteiger partial charge is 0.119 e. The molecular weight excluding hydrogens is 340 g/mol. The molecule has 5 unspecified atom stereocenters. The Bertz CT molecular complexity index is 534. The van der Waals surface area contributed by atoms with Crippen LogP contribution >= 0.6 is 0 Å². The molecule has 7 heteroatoms. The average Bonchev–Trinajstić information content (AvgIpc) is 2.66. The van der Waals surface area contributed by atoms with Crippen LogP contribution in [0.25, 0.3) is 0 Å². The second-order valence-corrected chi connectivity index (χ2v) is 5.96. The molecule has 0 amide bonds. The first-order chi connectivity index (χ1) is 12.4. The summed E-state index contributed by atoms with van der Waals surface area (Å²) in [5.41, 5.74) is 0.832. The van der Waals surface area contributed by atoms with Crippen LogP contribution in [0.2, 0.25) is 0 Å². The normalized spacial score (nSPS) is 17.7. The summed E-state index contributed by atoms with van der Waals surface area (Å²) in [7, 11) is 0. The summed E-state index contributed by atoms with van der Waals surface area (Å²) in [5.74, 6) is 0.709. The maximum atomic E-state index is 10.3. The first kappa shape index (κ1) is 22.6. The van der Waals surface area contributed by atoms with Gasteiger partial charge in [-0.15, -0.1) is 0 Å². The number of hydrogen-bond acceptors (Lipinski definition) is 7. The van der Waals surface area contributed by atoms with Gasteiger partial charge in [0.2, 0.25) is 0 Å². The maximum Gasteiger partial charge on any atom is 0.119 e. The van der Waals surface area contributed by atoms with Crippen molar-refractivity contribution in [3.8, 4) is 5.75 Å². The highest BCUT2D eigenvalue weighted by molar-refractivity contribution is 5.28. The van der Waals surface area contributed by atoms with Gasteiger partial charge in [-0.1, -0.05) is 24.3 Å². The third-order valence-electron chi connectivity index (χ3n) is 3.94. The van der Waals surface area contributed by atoms with E-state index in [0.29, 0.717) is 18.8 Å². The van der Waals surface area contributed by atoms with Crippen molar-refractivity contribution in [2.45, 2.75) is 57.4 Å². The Labute approximate surface area is 154 Å². The van der Waals surface area contributed by atoms with Gasteiger partial charge in [0.1, 0.15) is 30.2 Å². The van der Waals surface area contributed by atoms with Crippen LogP contribution < -0.4 is 4.74 Å². The van der Waals surface area contributed by atoms with Gasteiger partial charge in [0.25, 0.3) is 0 Å². The zero-order valence-electron chi connectivity index (χ0n) is 15.2. The predicted molar refractivity (Wildman–Crippen MR) is 96.7 cm³/mol. The molecule has 0 aliphatic carbocycles. The minimum Gasteiger partial charge on any atom is -0.494 e. The largest absolute Gasteiger partial charge is 0.494 e. The molecule has 0 saturated heterocycles. The Hall–Kier alpha value is -1.48. The van der Waals surface area contributed by atoms with Crippen molar-refractivity contribution in [2.24, 2.45) is 0 Å². The van der Waals surface area contributed by atoms with Crippen molar-refractivity contribution in [3.63, 3.8) is 0 Å². The van der Waals surface area contributed by atoms with Gasteiger partial charge >= 0.3 is 0 Å². The van der Waals surface area contributed by atoms with E-state index in [1.807, 2.05) is 38.1 Å². The standard InChI is InChI=1S/C19H30O7/c1-3-5-9-16(18(23)19(24)17(22)15(21)11-20)26-12-13-7-6-8-14(10-13)25-4-2/h3,5-8,10,15-24H,4,9,11-12H2,1-2H3. The third-order valence-corrected chi connectivity index (χ3v) is 3.94. The highest BCUT2D eigenvalue weighted by Gasteiger charge is 2.34. The van der Waals surface area contributed by atoms with E-state index in [9.17, 15) is 20.4 Å². The lowest BCUT2D eigenvalue weighted by Gasteiger charge is -2.30. The molecular formula is C19H30O7. The molecule has 0 aliphatic heterocycles. The molecule has 0 aliphatic rings. The molecule has 26 heavy (non-hydrogen) atoms. The molecule has 0 fully saturated rings. The maximum absolute atomic E-state index is 10.3. The van der Waals surface area contributed by atoms with Gasteiger partial charge in [-0.25, -0.2) is 0 Å². The Kier molecular flexibility index (Phi) is 10.4. The lowest BCUT2D eigenvalue weighted by atomic mass is 9.97. The van der Waals surface area contributed by atoms with Crippen molar-refractivity contribution in [3.05, 3.63) is 42.0 Å². The minimum absolute atomic E-state index is 0.172. The van der Waals surface area contributed by atoms with Crippen LogP contribution in [0.3, 0.4) is 0 Å². The number of benzene rings is 1. The van der Waals surface area contributed by atoms with Gasteiger partial charge < -0.3 is 35.0 Å². The van der Waals surface area contributed by atoms with Crippen molar-refractivity contribution < 1.29 is 35.0 Å². The van der Waals surface area contributed by atoms with Gasteiger partial charge in [-0.05, 0) is 38.0 Å². The van der Waals surface area contributed by atoms with Crippen LogP contribution in [0.5, 0.6) is 5.75 Å². The number of rotatable bonds is 12. The predicted octanol–water partition coefficient (Wildman–Crippen LogP) is 0.373. The number of allylic oxidation sites excluding steroid dienone is 1. The zero-order valence-corrected chi connectivity index (χ0v) is 15.2. The number of hydrogen-bond donors (Lipinski definition) is 5. The summed E-state index contributed by atoms with van der Waals surface area (Å²) < 4.78 is 11.2. The van der Waals surface area contributed by atoms with E-state index in [0.717, 1.165) is 5.56 Å². The van der Waals surface area contributed by atoms with Crippen LogP contribution in [0.15, 0.2) is 36.4 Å². The van der Waals surface area contributed by atoms with Gasteiger partial charge in [0.15, 0.2) is 0 Å². The van der Waals surface area contributed by atoms with Crippen molar-refractivity contribution in [1.29, 1.82) is 0 Å². The molecule has 1 aromatic rings. The van der Waals surface area contributed by atoms with Crippen molar-refractivity contribution in [2.75, 3.05) is 13.2 Å². The minimum atomic E-state index is -1.69. The Balaban J connectivity index is 2.78. The topological polar surface area (TPSA) is 120 Å². The van der Waals surface area contributed by atoms with E-state index in [1.165, 1.54) is 0 Å². The fourth-order valence-corrected chi connectivity index (χ4v) is 2.43. The summed E-state index contributed by atoms with van der Waals surface area (Å²) >= 11 is 0. The second-order valence-electron chi connectivity index (χ2n) is 5.96. The number of aliphatic hydroxyl groups is 5. The first-order valence-corrected chi connectivity index (χ1v) is 8.72. The van der Waals surface area contributed by atoms with Gasteiger partial charge in [0.05, 0.1) is 25.9 Å². The van der Waals surface area contributed by atoms with Crippen LogP contribution in [-0.4, -0.2) is 69.3 Å². The molecule has 1 aromatic carbocycles. The number of aliphatic hydroxyl groups excluding tert-OH is 5. The summed E-state index contributed by atoms with van der Waals surface area (Å²) in [6.45, 7) is 3.70. The molecule has 0 spiro atoms. The third kappa shape index (κ3) is 7.03. The van der Waals surface area contributed by atoms with E-state index >= 15 is 0 Å². The second kappa shape index (κ2) is 12.0. The highest BCUT2D eigenvalue weighted by atomic mass is 16.5. The first-order valence-electron chi connectivity index (χ1n) is 8.72. The SMILES string of the molecule is CC=CCC(OCc1cccc(OCC)c1)C(O)C(O)C(O)C(O)CO. The van der Waals surface area contributed by atoms with Gasteiger partial charge in [-0.3, -0.25) is 0 Å². The Morgan fingerprint density at radius 1 is 1.08 bits per heavy atom. The lowest BCUT2D eigenvalue weighted by Crippen LogP contribution is -2.50. The summed E-state index contributed by atoms with van der Waals surface area (Å²) in [6.07, 6.45) is -3.30. The van der Waals surface area contributed by atoms with Gasteiger partial charge in [0, 0.05) is 0 Å². The molecule has 7 nitrogen and oxygen atoms in total. The molecule has 148 valence electrons. The molecule has 0 aromatic heterocycles. The van der Waals surface area contributed by atoms with Gasteiger partial charge in [-0.2, -0.15) is 0 Å². The monoisotopic (exact) mass is 370 g/mol. The van der Waals surface area contributed by atoms with Crippen LogP contribution in [0.1, 0.15) is 25.8 Å². The summed E-state index contributed by atoms with van der Waals surface area (Å²) in [4.78, 5) is 0. The fourth-order valence-electron chi connectivity index (χ4n) is 2.43. The molecule has 0 heterocycles. The van der Waals surface area contributed by atoms with Crippen LogP contribution in [0, 0.1) is 0 Å². The van der Waals surface area contributed by atoms with Crippen LogP contribution in [0.4, 0.5) is 0 Å². The molecule has 5 N–H and O–H groups in total. The van der Waals surface area contributed by atoms with E-state index in [2.05, 4.69) is 0 Å². The van der Waals surface area contributed by atoms with E-state index in [4.69, 9.17) is 14.6 Å². The zero-order chi connectivity index (χ0) is 19.5. The summed E-state index contributed by atoms with van der Waals surface area (Å²) in [5, 5.41) is 48.6.